The van der Waals surface area contributed by atoms with Crippen molar-refractivity contribution >= 4 is 6.47 Å². The van der Waals surface area contributed by atoms with E-state index in [0.29, 0.717) is 23.9 Å². The van der Waals surface area contributed by atoms with E-state index in [1.165, 1.54) is 62.5 Å². The van der Waals surface area contributed by atoms with Gasteiger partial charge in [-0.1, -0.05) is 37.8 Å². The smallest absolute Gasteiger partial charge is 0.295 e. The van der Waals surface area contributed by atoms with Gasteiger partial charge in [-0.15, -0.1) is 0 Å². The highest BCUT2D eigenvalue weighted by molar-refractivity contribution is 5.43. The van der Waals surface area contributed by atoms with Crippen LogP contribution in [0.3, 0.4) is 0 Å². The molecule has 2 fully saturated rings. The second-order valence-corrected chi connectivity index (χ2v) is 9.41. The zero-order valence-electron chi connectivity index (χ0n) is 17.1. The van der Waals surface area contributed by atoms with Crippen LogP contribution in [0.25, 0.3) is 0 Å². The van der Waals surface area contributed by atoms with Gasteiger partial charge < -0.3 is 15.2 Å². The summed E-state index contributed by atoms with van der Waals surface area (Å²) in [6.07, 6.45) is 10.1. The first-order chi connectivity index (χ1) is 12.8. The van der Waals surface area contributed by atoms with Gasteiger partial charge in [0.15, 0.2) is 0 Å². The van der Waals surface area contributed by atoms with Gasteiger partial charge in [0.05, 0.1) is 6.54 Å². The lowest BCUT2D eigenvalue weighted by Crippen LogP contribution is -2.47. The lowest BCUT2D eigenvalue weighted by Gasteiger charge is -2.32. The minimum absolute atomic E-state index is 0.169. The van der Waals surface area contributed by atoms with Gasteiger partial charge >= 0.3 is 0 Å². The van der Waals surface area contributed by atoms with E-state index in [9.17, 15) is 9.90 Å². The van der Waals surface area contributed by atoms with Gasteiger partial charge in [0.2, 0.25) is 5.79 Å². The molecule has 0 aliphatic heterocycles. The molecule has 2 saturated carbocycles. The number of carbonyl (C=O) groups excluding carboxylic acids is 1. The first kappa shape index (κ1) is 20.3. The third-order valence-corrected chi connectivity index (χ3v) is 6.23. The highest BCUT2D eigenvalue weighted by Gasteiger charge is 2.35. The average molecular weight is 374 g/mol. The molecule has 3 rings (SSSR count). The zero-order chi connectivity index (χ0) is 19.5. The average Bonchev–Trinajstić information content (AvgIpc) is 3.33. The van der Waals surface area contributed by atoms with Crippen molar-refractivity contribution in [2.75, 3.05) is 6.54 Å². The van der Waals surface area contributed by atoms with Crippen molar-refractivity contribution in [1.82, 2.24) is 5.32 Å². The van der Waals surface area contributed by atoms with Crippen LogP contribution < -0.4 is 5.32 Å². The van der Waals surface area contributed by atoms with Crippen molar-refractivity contribution in [3.05, 3.63) is 34.9 Å². The molecule has 4 nitrogen and oxygen atoms in total. The number of ether oxygens (including phenoxy) is 1. The Morgan fingerprint density at radius 3 is 2.11 bits per heavy atom. The molecule has 0 saturated heterocycles. The molecule has 1 aromatic rings. The Hall–Kier alpha value is -1.39. The number of carbonyl (C=O) groups is 1. The quantitative estimate of drug-likeness (QED) is 0.537. The summed E-state index contributed by atoms with van der Waals surface area (Å²) in [5.41, 5.74) is 3.33. The summed E-state index contributed by atoms with van der Waals surface area (Å²) in [6, 6.07) is 6.27. The monoisotopic (exact) mass is 373 g/mol. The van der Waals surface area contributed by atoms with Crippen LogP contribution in [0, 0.1) is 0 Å². The van der Waals surface area contributed by atoms with Crippen molar-refractivity contribution in [3.63, 3.8) is 0 Å². The molecule has 150 valence electrons. The van der Waals surface area contributed by atoms with Crippen molar-refractivity contribution in [1.29, 1.82) is 0 Å². The van der Waals surface area contributed by atoms with Crippen LogP contribution in [-0.4, -0.2) is 23.7 Å². The van der Waals surface area contributed by atoms with Crippen LogP contribution >= 0.6 is 0 Å². The third kappa shape index (κ3) is 4.91. The van der Waals surface area contributed by atoms with Crippen LogP contribution in [0.1, 0.15) is 101 Å². The van der Waals surface area contributed by atoms with E-state index in [1.54, 1.807) is 0 Å². The third-order valence-electron chi connectivity index (χ3n) is 6.23. The molecule has 1 unspecified atom stereocenters. The van der Waals surface area contributed by atoms with Gasteiger partial charge in [-0.2, -0.15) is 0 Å². The number of nitrogens with one attached hydrogen (secondary N) is 1. The van der Waals surface area contributed by atoms with Crippen molar-refractivity contribution < 1.29 is 14.6 Å². The summed E-state index contributed by atoms with van der Waals surface area (Å²) in [5, 5.41) is 14.4. The van der Waals surface area contributed by atoms with E-state index >= 15 is 0 Å². The topological polar surface area (TPSA) is 58.6 Å². The molecule has 2 N–H and O–H groups in total. The number of hydrogen-bond acceptors (Lipinski definition) is 4. The fourth-order valence-corrected chi connectivity index (χ4v) is 4.69. The molecule has 4 heteroatoms. The molecule has 2 aliphatic rings. The standard InChI is InChI=1S/C23H35NO3/c1-22(2,3)24-15-23(26,27-16-25)19-12-13-20(17-8-4-5-9-17)21(14-19)18-10-6-7-11-18/h12-14,16-18,24,26H,4-11,15H2,1-3H3. The van der Waals surface area contributed by atoms with Gasteiger partial charge in [-0.05, 0) is 75.5 Å². The number of aliphatic hydroxyl groups is 1. The van der Waals surface area contributed by atoms with Crippen molar-refractivity contribution in [2.24, 2.45) is 0 Å². The van der Waals surface area contributed by atoms with Gasteiger partial charge in [-0.3, -0.25) is 4.79 Å². The number of benzene rings is 1. The van der Waals surface area contributed by atoms with E-state index < -0.39 is 5.79 Å². The SMILES string of the molecule is CC(C)(C)NCC(O)(OC=O)c1ccc(C2CCCC2)c(C2CCCC2)c1. The second kappa shape index (κ2) is 8.32. The molecule has 0 radical (unpaired) electrons. The van der Waals surface area contributed by atoms with E-state index in [-0.39, 0.29) is 12.1 Å². The van der Waals surface area contributed by atoms with E-state index in [0.717, 1.165) is 0 Å². The van der Waals surface area contributed by atoms with E-state index in [2.05, 4.69) is 17.4 Å². The highest BCUT2D eigenvalue weighted by atomic mass is 16.6. The summed E-state index contributed by atoms with van der Waals surface area (Å²) in [5.74, 6) is -0.435. The zero-order valence-corrected chi connectivity index (χ0v) is 17.1. The molecule has 0 amide bonds. The number of hydrogen-bond donors (Lipinski definition) is 2. The van der Waals surface area contributed by atoms with Crippen LogP contribution in [-0.2, 0) is 15.3 Å². The predicted octanol–water partition coefficient (Wildman–Crippen LogP) is 4.71. The van der Waals surface area contributed by atoms with Crippen molar-refractivity contribution in [3.8, 4) is 0 Å². The lowest BCUT2D eigenvalue weighted by atomic mass is 9.83. The fourth-order valence-electron chi connectivity index (χ4n) is 4.69. The first-order valence-corrected chi connectivity index (χ1v) is 10.6. The summed E-state index contributed by atoms with van der Waals surface area (Å²) >= 11 is 0. The molecule has 1 atom stereocenters. The largest absolute Gasteiger partial charge is 0.430 e. The normalized spacial score (nSPS) is 21.3. The molecule has 0 spiro atoms. The number of β-amino-alcohol motifs (C(OH)–C–C–N with tert-alkyl or cyclic N) is 1. The van der Waals surface area contributed by atoms with Gasteiger partial charge in [0.25, 0.3) is 6.47 Å². The molecule has 2 aliphatic carbocycles. The fraction of sp³-hybridized carbons (Fsp3) is 0.696. The predicted molar refractivity (Wildman–Crippen MR) is 108 cm³/mol. The summed E-state index contributed by atoms with van der Waals surface area (Å²) in [6.45, 7) is 6.61. The highest BCUT2D eigenvalue weighted by Crippen LogP contribution is 2.43. The maximum absolute atomic E-state index is 11.2. The Labute approximate surface area is 163 Å². The molecular weight excluding hydrogens is 338 g/mol. The van der Waals surface area contributed by atoms with Crippen molar-refractivity contribution in [2.45, 2.75) is 95.3 Å². The van der Waals surface area contributed by atoms with Gasteiger partial charge in [-0.25, -0.2) is 0 Å². The summed E-state index contributed by atoms with van der Waals surface area (Å²) < 4.78 is 5.21. The molecule has 0 aromatic heterocycles. The lowest BCUT2D eigenvalue weighted by molar-refractivity contribution is -0.201. The van der Waals surface area contributed by atoms with Gasteiger partial charge in [0, 0.05) is 11.1 Å². The summed E-state index contributed by atoms with van der Waals surface area (Å²) in [4.78, 5) is 11.1. The minimum Gasteiger partial charge on any atom is -0.430 e. The molecular formula is C23H35NO3. The Morgan fingerprint density at radius 1 is 1.04 bits per heavy atom. The van der Waals surface area contributed by atoms with Crippen LogP contribution in [0.4, 0.5) is 0 Å². The maximum Gasteiger partial charge on any atom is 0.295 e. The molecule has 27 heavy (non-hydrogen) atoms. The Morgan fingerprint density at radius 2 is 1.59 bits per heavy atom. The molecule has 0 bridgehead atoms. The van der Waals surface area contributed by atoms with E-state index in [1.807, 2.05) is 26.8 Å². The van der Waals surface area contributed by atoms with Gasteiger partial charge in [0.1, 0.15) is 0 Å². The first-order valence-electron chi connectivity index (χ1n) is 10.6. The molecule has 0 heterocycles. The Kier molecular flexibility index (Phi) is 6.27. The Balaban J connectivity index is 1.95. The molecule has 1 aromatic carbocycles. The Bertz CT molecular complexity index is 640. The minimum atomic E-state index is -1.64. The van der Waals surface area contributed by atoms with Crippen LogP contribution in [0.5, 0.6) is 0 Å². The van der Waals surface area contributed by atoms with Crippen LogP contribution in [0.15, 0.2) is 18.2 Å². The number of rotatable bonds is 7. The second-order valence-electron chi connectivity index (χ2n) is 9.41. The summed E-state index contributed by atoms with van der Waals surface area (Å²) in [7, 11) is 0. The maximum atomic E-state index is 11.2. The van der Waals surface area contributed by atoms with Crippen LogP contribution in [0.2, 0.25) is 0 Å². The van der Waals surface area contributed by atoms with E-state index in [4.69, 9.17) is 4.74 Å².